The van der Waals surface area contributed by atoms with Crippen LogP contribution in [0.15, 0.2) is 22.0 Å². The standard InChI is InChI=1S/C9H11ClN4O3S/c1-6(4-5-10)18(16,17)8-3-2-7-11-12-9(15)14(7)13-8/h2-3,6H,4-5H2,1H3,(H,12,15). The molecule has 2 aromatic rings. The third-order valence-electron chi connectivity index (χ3n) is 2.59. The van der Waals surface area contributed by atoms with Gasteiger partial charge in [0.05, 0.1) is 5.25 Å². The van der Waals surface area contributed by atoms with Gasteiger partial charge in [-0.15, -0.1) is 16.7 Å². The van der Waals surface area contributed by atoms with E-state index in [-0.39, 0.29) is 16.6 Å². The summed E-state index contributed by atoms with van der Waals surface area (Å²) in [6.07, 6.45) is 0.323. The van der Waals surface area contributed by atoms with Crippen LogP contribution in [-0.4, -0.2) is 39.4 Å². The third kappa shape index (κ3) is 2.13. The Hall–Kier alpha value is -1.41. The molecule has 18 heavy (non-hydrogen) atoms. The Morgan fingerprint density at radius 3 is 2.89 bits per heavy atom. The molecule has 0 aliphatic rings. The lowest BCUT2D eigenvalue weighted by molar-refractivity contribution is 0.573. The second-order valence-corrected chi connectivity index (χ2v) is 6.49. The average Bonchev–Trinajstić information content (AvgIpc) is 2.71. The van der Waals surface area contributed by atoms with Gasteiger partial charge in [-0.1, -0.05) is 0 Å². The summed E-state index contributed by atoms with van der Waals surface area (Å²) >= 11 is 5.54. The Morgan fingerprint density at radius 1 is 1.50 bits per heavy atom. The van der Waals surface area contributed by atoms with Gasteiger partial charge in [0.25, 0.3) is 0 Å². The van der Waals surface area contributed by atoms with Crippen molar-refractivity contribution < 1.29 is 8.42 Å². The van der Waals surface area contributed by atoms with Crippen molar-refractivity contribution in [1.29, 1.82) is 0 Å². The van der Waals surface area contributed by atoms with Crippen LogP contribution in [0.1, 0.15) is 13.3 Å². The van der Waals surface area contributed by atoms with Gasteiger partial charge in [-0.3, -0.25) is 0 Å². The van der Waals surface area contributed by atoms with E-state index in [2.05, 4.69) is 15.3 Å². The number of H-pyrrole nitrogens is 1. The zero-order valence-corrected chi connectivity index (χ0v) is 11.1. The summed E-state index contributed by atoms with van der Waals surface area (Å²) in [6, 6.07) is 2.75. The predicted molar refractivity (Wildman–Crippen MR) is 65.6 cm³/mol. The molecule has 1 N–H and O–H groups in total. The summed E-state index contributed by atoms with van der Waals surface area (Å²) in [5, 5.41) is 8.84. The van der Waals surface area contributed by atoms with Crippen molar-refractivity contribution in [3.63, 3.8) is 0 Å². The Labute approximate surface area is 108 Å². The highest BCUT2D eigenvalue weighted by Crippen LogP contribution is 2.16. The first-order valence-electron chi connectivity index (χ1n) is 5.21. The van der Waals surface area contributed by atoms with E-state index >= 15 is 0 Å². The summed E-state index contributed by atoms with van der Waals surface area (Å²) in [6.45, 7) is 1.56. The molecular formula is C9H11ClN4O3S. The highest BCUT2D eigenvalue weighted by molar-refractivity contribution is 7.92. The SMILES string of the molecule is CC(CCCl)S(=O)(=O)c1ccc2n[nH]c(=O)n2n1. The number of alkyl halides is 1. The molecule has 9 heteroatoms. The maximum atomic E-state index is 12.1. The number of aromatic amines is 1. The molecule has 7 nitrogen and oxygen atoms in total. The number of nitrogens with one attached hydrogen (secondary N) is 1. The fourth-order valence-electron chi connectivity index (χ4n) is 1.45. The molecule has 0 bridgehead atoms. The van der Waals surface area contributed by atoms with Crippen molar-refractivity contribution in [1.82, 2.24) is 19.8 Å². The summed E-state index contributed by atoms with van der Waals surface area (Å²) in [4.78, 5) is 11.3. The molecular weight excluding hydrogens is 280 g/mol. The van der Waals surface area contributed by atoms with Crippen LogP contribution in [-0.2, 0) is 9.84 Å². The smallest absolute Gasteiger partial charge is 0.244 e. The third-order valence-corrected chi connectivity index (χ3v) is 4.90. The molecule has 2 rings (SSSR count). The number of fused-ring (bicyclic) bond motifs is 1. The van der Waals surface area contributed by atoms with Crippen LogP contribution in [0.4, 0.5) is 0 Å². The van der Waals surface area contributed by atoms with Crippen LogP contribution in [0, 0.1) is 0 Å². The predicted octanol–water partition coefficient (Wildman–Crippen LogP) is 0.209. The Morgan fingerprint density at radius 2 is 2.22 bits per heavy atom. The van der Waals surface area contributed by atoms with E-state index in [4.69, 9.17) is 11.6 Å². The quantitative estimate of drug-likeness (QED) is 0.812. The number of halogens is 1. The van der Waals surface area contributed by atoms with E-state index in [9.17, 15) is 13.2 Å². The first kappa shape index (κ1) is 13.0. The average molecular weight is 291 g/mol. The number of aromatic nitrogens is 4. The number of sulfone groups is 1. The lowest BCUT2D eigenvalue weighted by atomic mass is 10.4. The Bertz CT molecular complexity index is 721. The molecule has 1 unspecified atom stereocenters. The van der Waals surface area contributed by atoms with E-state index in [1.54, 1.807) is 6.92 Å². The maximum Gasteiger partial charge on any atom is 0.364 e. The highest BCUT2D eigenvalue weighted by Gasteiger charge is 2.25. The van der Waals surface area contributed by atoms with E-state index < -0.39 is 20.8 Å². The minimum Gasteiger partial charge on any atom is -0.244 e. The van der Waals surface area contributed by atoms with Crippen molar-refractivity contribution in [2.75, 3.05) is 5.88 Å². The largest absolute Gasteiger partial charge is 0.364 e. The summed E-state index contributed by atoms with van der Waals surface area (Å²) in [5.74, 6) is 0.244. The molecule has 0 aromatic carbocycles. The van der Waals surface area contributed by atoms with Gasteiger partial charge >= 0.3 is 5.69 Å². The highest BCUT2D eigenvalue weighted by atomic mass is 35.5. The second kappa shape index (κ2) is 4.69. The van der Waals surface area contributed by atoms with Crippen LogP contribution < -0.4 is 5.69 Å². The van der Waals surface area contributed by atoms with E-state index in [1.807, 2.05) is 0 Å². The van der Waals surface area contributed by atoms with Gasteiger partial charge < -0.3 is 0 Å². The van der Waals surface area contributed by atoms with Gasteiger partial charge in [0, 0.05) is 5.88 Å². The lowest BCUT2D eigenvalue weighted by Gasteiger charge is -2.10. The van der Waals surface area contributed by atoms with Crippen LogP contribution in [0.25, 0.3) is 5.65 Å². The normalized spacial score (nSPS) is 13.9. The number of hydrogen-bond donors (Lipinski definition) is 1. The van der Waals surface area contributed by atoms with Crippen LogP contribution in [0.5, 0.6) is 0 Å². The van der Waals surface area contributed by atoms with Crippen molar-refractivity contribution in [3.8, 4) is 0 Å². The molecule has 2 aromatic heterocycles. The van der Waals surface area contributed by atoms with E-state index in [0.29, 0.717) is 6.42 Å². The van der Waals surface area contributed by atoms with E-state index in [0.717, 1.165) is 4.52 Å². The van der Waals surface area contributed by atoms with Crippen LogP contribution in [0.2, 0.25) is 0 Å². The van der Waals surface area contributed by atoms with Crippen molar-refractivity contribution >= 4 is 27.1 Å². The van der Waals surface area contributed by atoms with Crippen molar-refractivity contribution in [3.05, 3.63) is 22.6 Å². The van der Waals surface area contributed by atoms with Gasteiger partial charge in [0.1, 0.15) is 0 Å². The topological polar surface area (TPSA) is 97.2 Å². The van der Waals surface area contributed by atoms with Gasteiger partial charge in [0.15, 0.2) is 20.5 Å². The van der Waals surface area contributed by atoms with Crippen molar-refractivity contribution in [2.45, 2.75) is 23.6 Å². The van der Waals surface area contributed by atoms with Gasteiger partial charge in [0.2, 0.25) is 0 Å². The second-order valence-electron chi connectivity index (χ2n) is 3.80. The number of rotatable bonds is 4. The maximum absolute atomic E-state index is 12.1. The molecule has 0 saturated carbocycles. The summed E-state index contributed by atoms with van der Waals surface area (Å²) in [5.41, 5.74) is -0.309. The van der Waals surface area contributed by atoms with Crippen LogP contribution in [0.3, 0.4) is 0 Å². The monoisotopic (exact) mass is 290 g/mol. The summed E-state index contributed by atoms with van der Waals surface area (Å²) < 4.78 is 25.2. The molecule has 98 valence electrons. The summed E-state index contributed by atoms with van der Waals surface area (Å²) in [7, 11) is -3.58. The molecule has 0 saturated heterocycles. The molecule has 0 aliphatic carbocycles. The van der Waals surface area contributed by atoms with Crippen molar-refractivity contribution in [2.24, 2.45) is 0 Å². The molecule has 0 spiro atoms. The number of hydrogen-bond acceptors (Lipinski definition) is 5. The minimum atomic E-state index is -3.58. The Kier molecular flexibility index (Phi) is 3.40. The number of nitrogens with zero attached hydrogens (tertiary/aromatic N) is 3. The fourth-order valence-corrected chi connectivity index (χ4v) is 3.20. The first-order chi connectivity index (χ1) is 8.46. The first-order valence-corrected chi connectivity index (χ1v) is 7.29. The minimum absolute atomic E-state index is 0.156. The molecule has 0 aliphatic heterocycles. The fraction of sp³-hybridized carbons (Fsp3) is 0.444. The zero-order valence-electron chi connectivity index (χ0n) is 9.50. The molecule has 0 radical (unpaired) electrons. The molecule has 2 heterocycles. The van der Waals surface area contributed by atoms with Gasteiger partial charge in [-0.05, 0) is 25.5 Å². The van der Waals surface area contributed by atoms with Gasteiger partial charge in [-0.2, -0.15) is 9.61 Å². The lowest BCUT2D eigenvalue weighted by Crippen LogP contribution is -2.22. The zero-order chi connectivity index (χ0) is 13.3. The van der Waals surface area contributed by atoms with Crippen LogP contribution >= 0.6 is 11.6 Å². The van der Waals surface area contributed by atoms with Gasteiger partial charge in [-0.25, -0.2) is 18.3 Å². The Balaban J connectivity index is 2.54. The molecule has 0 amide bonds. The van der Waals surface area contributed by atoms with E-state index in [1.165, 1.54) is 12.1 Å². The molecule has 1 atom stereocenters. The molecule has 0 fully saturated rings.